The van der Waals surface area contributed by atoms with Crippen molar-refractivity contribution in [1.29, 1.82) is 0 Å². The van der Waals surface area contributed by atoms with E-state index in [0.29, 0.717) is 0 Å². The van der Waals surface area contributed by atoms with Gasteiger partial charge in [0.2, 0.25) is 5.91 Å². The molecule has 1 unspecified atom stereocenters. The smallest absolute Gasteiger partial charge is 0.227 e. The summed E-state index contributed by atoms with van der Waals surface area (Å²) in [7, 11) is 0. The van der Waals surface area contributed by atoms with Crippen LogP contribution < -0.4 is 5.32 Å². The number of aromatic amines is 1. The van der Waals surface area contributed by atoms with Crippen molar-refractivity contribution >= 4 is 11.6 Å². The molecular weight excluding hydrogens is 262 g/mol. The summed E-state index contributed by atoms with van der Waals surface area (Å²) >= 11 is 0. The molecule has 2 aliphatic rings. The van der Waals surface area contributed by atoms with E-state index in [1.165, 1.54) is 24.0 Å². The van der Waals surface area contributed by atoms with Crippen molar-refractivity contribution in [3.05, 3.63) is 47.0 Å². The van der Waals surface area contributed by atoms with Crippen LogP contribution in [0.4, 0.5) is 5.69 Å². The monoisotopic (exact) mass is 281 g/mol. The van der Waals surface area contributed by atoms with E-state index in [4.69, 9.17) is 0 Å². The van der Waals surface area contributed by atoms with E-state index in [9.17, 15) is 4.79 Å². The molecule has 0 saturated heterocycles. The van der Waals surface area contributed by atoms with Crippen LogP contribution in [0.2, 0.25) is 0 Å². The lowest BCUT2D eigenvalue weighted by atomic mass is 9.89. The SMILES string of the molecule is O=C(Nc1ccc2c(c1)CCC2)C1CCc2nc[nH]c2C1. The van der Waals surface area contributed by atoms with E-state index in [1.807, 2.05) is 6.07 Å². The van der Waals surface area contributed by atoms with Crippen molar-refractivity contribution in [2.45, 2.75) is 38.5 Å². The van der Waals surface area contributed by atoms with Crippen LogP contribution >= 0.6 is 0 Å². The van der Waals surface area contributed by atoms with E-state index in [2.05, 4.69) is 27.4 Å². The van der Waals surface area contributed by atoms with E-state index < -0.39 is 0 Å². The van der Waals surface area contributed by atoms with Crippen molar-refractivity contribution < 1.29 is 4.79 Å². The maximum Gasteiger partial charge on any atom is 0.227 e. The molecule has 4 heteroatoms. The number of benzene rings is 1. The highest BCUT2D eigenvalue weighted by atomic mass is 16.1. The quantitative estimate of drug-likeness (QED) is 0.889. The highest BCUT2D eigenvalue weighted by molar-refractivity contribution is 5.93. The fourth-order valence-electron chi connectivity index (χ4n) is 3.52. The first kappa shape index (κ1) is 12.6. The Morgan fingerprint density at radius 3 is 3.10 bits per heavy atom. The van der Waals surface area contributed by atoms with Gasteiger partial charge in [0.15, 0.2) is 0 Å². The minimum Gasteiger partial charge on any atom is -0.348 e. The van der Waals surface area contributed by atoms with Gasteiger partial charge in [-0.3, -0.25) is 4.79 Å². The Labute approximate surface area is 124 Å². The minimum absolute atomic E-state index is 0.0474. The van der Waals surface area contributed by atoms with Gasteiger partial charge in [-0.05, 0) is 55.4 Å². The molecule has 0 bridgehead atoms. The highest BCUT2D eigenvalue weighted by Crippen LogP contribution is 2.27. The Bertz CT molecular complexity index is 689. The number of H-pyrrole nitrogens is 1. The summed E-state index contributed by atoms with van der Waals surface area (Å²) in [5, 5.41) is 3.09. The summed E-state index contributed by atoms with van der Waals surface area (Å²) in [5.41, 5.74) is 6.02. The van der Waals surface area contributed by atoms with E-state index in [0.717, 1.165) is 42.8 Å². The van der Waals surface area contributed by atoms with E-state index in [1.54, 1.807) is 6.33 Å². The van der Waals surface area contributed by atoms with Gasteiger partial charge >= 0.3 is 0 Å². The van der Waals surface area contributed by atoms with E-state index >= 15 is 0 Å². The van der Waals surface area contributed by atoms with Crippen LogP contribution in [0.3, 0.4) is 0 Å². The number of carbonyl (C=O) groups is 1. The number of aryl methyl sites for hydroxylation is 3. The molecule has 108 valence electrons. The summed E-state index contributed by atoms with van der Waals surface area (Å²) in [6.07, 6.45) is 7.82. The molecular formula is C17H19N3O. The largest absolute Gasteiger partial charge is 0.348 e. The lowest BCUT2D eigenvalue weighted by Gasteiger charge is -2.20. The number of carbonyl (C=O) groups excluding carboxylic acids is 1. The van der Waals surface area contributed by atoms with Crippen LogP contribution in [0.15, 0.2) is 24.5 Å². The second kappa shape index (κ2) is 5.02. The molecule has 1 atom stereocenters. The number of amides is 1. The number of imidazole rings is 1. The van der Waals surface area contributed by atoms with Crippen LogP contribution in [-0.2, 0) is 30.5 Å². The summed E-state index contributed by atoms with van der Waals surface area (Å²) in [4.78, 5) is 19.9. The minimum atomic E-state index is 0.0474. The van der Waals surface area contributed by atoms with E-state index in [-0.39, 0.29) is 11.8 Å². The van der Waals surface area contributed by atoms with Crippen LogP contribution in [-0.4, -0.2) is 15.9 Å². The second-order valence-electron chi connectivity index (χ2n) is 6.09. The third-order valence-electron chi connectivity index (χ3n) is 4.72. The summed E-state index contributed by atoms with van der Waals surface area (Å²) in [6, 6.07) is 6.34. The average molecular weight is 281 g/mol. The molecule has 2 aliphatic carbocycles. The predicted octanol–water partition coefficient (Wildman–Crippen LogP) is 2.64. The number of nitrogens with zero attached hydrogens (tertiary/aromatic N) is 1. The Balaban J connectivity index is 1.47. The Kier molecular flexibility index (Phi) is 3.02. The fraction of sp³-hybridized carbons (Fsp3) is 0.412. The summed E-state index contributed by atoms with van der Waals surface area (Å²) in [5.74, 6) is 0.180. The Hall–Kier alpha value is -2.10. The molecule has 0 radical (unpaired) electrons. The number of aromatic nitrogens is 2. The standard InChI is InChI=1S/C17H19N3O/c21-17(13-5-7-15-16(9-13)19-10-18-15)20-14-6-4-11-2-1-3-12(11)8-14/h4,6,8,10,13H,1-3,5,7,9H2,(H,18,19)(H,20,21). The van der Waals surface area contributed by atoms with Gasteiger partial charge in [-0.15, -0.1) is 0 Å². The van der Waals surface area contributed by atoms with Crippen molar-refractivity contribution in [2.24, 2.45) is 5.92 Å². The first-order chi connectivity index (χ1) is 10.3. The molecule has 0 fully saturated rings. The Morgan fingerprint density at radius 2 is 2.14 bits per heavy atom. The molecule has 4 rings (SSSR count). The molecule has 1 aromatic carbocycles. The van der Waals surface area contributed by atoms with Gasteiger partial charge < -0.3 is 10.3 Å². The third-order valence-corrected chi connectivity index (χ3v) is 4.72. The normalized spacial score (nSPS) is 19.9. The number of rotatable bonds is 2. The van der Waals surface area contributed by atoms with Crippen LogP contribution in [0.5, 0.6) is 0 Å². The van der Waals surface area contributed by atoms with Gasteiger partial charge in [-0.1, -0.05) is 6.07 Å². The molecule has 4 nitrogen and oxygen atoms in total. The molecule has 0 aliphatic heterocycles. The average Bonchev–Trinajstić information content (AvgIpc) is 3.14. The van der Waals surface area contributed by atoms with Crippen molar-refractivity contribution in [2.75, 3.05) is 5.32 Å². The number of nitrogens with one attached hydrogen (secondary N) is 2. The fourth-order valence-corrected chi connectivity index (χ4v) is 3.52. The maximum atomic E-state index is 12.5. The molecule has 1 aromatic heterocycles. The van der Waals surface area contributed by atoms with Crippen molar-refractivity contribution in [3.8, 4) is 0 Å². The van der Waals surface area contributed by atoms with Crippen LogP contribution in [0.25, 0.3) is 0 Å². The zero-order chi connectivity index (χ0) is 14.2. The first-order valence-corrected chi connectivity index (χ1v) is 7.73. The van der Waals surface area contributed by atoms with Gasteiger partial charge in [-0.2, -0.15) is 0 Å². The number of hydrogen-bond donors (Lipinski definition) is 2. The van der Waals surface area contributed by atoms with Gasteiger partial charge in [-0.25, -0.2) is 4.98 Å². The molecule has 21 heavy (non-hydrogen) atoms. The molecule has 2 N–H and O–H groups in total. The van der Waals surface area contributed by atoms with Gasteiger partial charge in [0.1, 0.15) is 0 Å². The van der Waals surface area contributed by atoms with Gasteiger partial charge in [0.25, 0.3) is 0 Å². The topological polar surface area (TPSA) is 57.8 Å². The number of fused-ring (bicyclic) bond motifs is 2. The molecule has 1 amide bonds. The third kappa shape index (κ3) is 2.35. The lowest BCUT2D eigenvalue weighted by molar-refractivity contribution is -0.120. The van der Waals surface area contributed by atoms with Crippen LogP contribution in [0.1, 0.15) is 35.4 Å². The molecule has 0 saturated carbocycles. The summed E-state index contributed by atoms with van der Waals surface area (Å²) < 4.78 is 0. The lowest BCUT2D eigenvalue weighted by Crippen LogP contribution is -2.28. The highest BCUT2D eigenvalue weighted by Gasteiger charge is 2.26. The van der Waals surface area contributed by atoms with Crippen molar-refractivity contribution in [3.63, 3.8) is 0 Å². The number of hydrogen-bond acceptors (Lipinski definition) is 2. The van der Waals surface area contributed by atoms with Gasteiger partial charge in [0.05, 0.1) is 12.0 Å². The summed E-state index contributed by atoms with van der Waals surface area (Å²) in [6.45, 7) is 0. The second-order valence-corrected chi connectivity index (χ2v) is 6.09. The maximum absolute atomic E-state index is 12.5. The molecule has 0 spiro atoms. The van der Waals surface area contributed by atoms with Crippen LogP contribution in [0, 0.1) is 5.92 Å². The number of anilines is 1. The Morgan fingerprint density at radius 1 is 1.24 bits per heavy atom. The zero-order valence-corrected chi connectivity index (χ0v) is 12.0. The predicted molar refractivity (Wildman–Crippen MR) is 81.2 cm³/mol. The first-order valence-electron chi connectivity index (χ1n) is 7.73. The van der Waals surface area contributed by atoms with Crippen molar-refractivity contribution in [1.82, 2.24) is 9.97 Å². The molecule has 1 heterocycles. The van der Waals surface area contributed by atoms with Gasteiger partial charge in [0, 0.05) is 23.7 Å². The molecule has 2 aromatic rings. The zero-order valence-electron chi connectivity index (χ0n) is 12.0.